The van der Waals surface area contributed by atoms with Crippen molar-refractivity contribution in [3.63, 3.8) is 0 Å². The predicted molar refractivity (Wildman–Crippen MR) is 95.3 cm³/mol. The van der Waals surface area contributed by atoms with Crippen LogP contribution in [0.4, 0.5) is 0 Å². The summed E-state index contributed by atoms with van der Waals surface area (Å²) < 4.78 is 11.8. The average molecular weight is 405 g/mol. The molecule has 24 heavy (non-hydrogen) atoms. The van der Waals surface area contributed by atoms with Gasteiger partial charge in [0.2, 0.25) is 0 Å². The van der Waals surface area contributed by atoms with Gasteiger partial charge in [-0.2, -0.15) is 0 Å². The molecular weight excluding hydrogens is 392 g/mol. The minimum atomic E-state index is -0.620. The molecule has 5 nitrogen and oxygen atoms in total. The fourth-order valence-electron chi connectivity index (χ4n) is 1.94. The molecule has 0 aliphatic carbocycles. The first-order valence-corrected chi connectivity index (χ1v) is 8.80. The molecule has 0 unspecified atom stereocenters. The summed E-state index contributed by atoms with van der Waals surface area (Å²) in [5.41, 5.74) is 0.895. The van der Waals surface area contributed by atoms with E-state index in [2.05, 4.69) is 26.1 Å². The molecular formula is C17H13BrN2O3S. The summed E-state index contributed by atoms with van der Waals surface area (Å²) in [5, 5.41) is 9.83. The van der Waals surface area contributed by atoms with E-state index >= 15 is 0 Å². The molecule has 0 spiro atoms. The summed E-state index contributed by atoms with van der Waals surface area (Å²) >= 11 is 4.88. The van der Waals surface area contributed by atoms with Crippen LogP contribution in [-0.4, -0.2) is 16.2 Å². The van der Waals surface area contributed by atoms with Crippen molar-refractivity contribution in [2.45, 2.75) is 13.0 Å². The Bertz CT molecular complexity index is 858. The zero-order valence-corrected chi connectivity index (χ0v) is 15.1. The maximum atomic E-state index is 11.9. The fraction of sp³-hybridized carbons (Fsp3) is 0.118. The van der Waals surface area contributed by atoms with Gasteiger partial charge in [-0.3, -0.25) is 0 Å². The molecule has 0 saturated heterocycles. The Balaban J connectivity index is 1.62. The zero-order chi connectivity index (χ0) is 16.9. The van der Waals surface area contributed by atoms with Gasteiger partial charge in [0.1, 0.15) is 0 Å². The highest BCUT2D eigenvalue weighted by atomic mass is 79.9. The van der Waals surface area contributed by atoms with Crippen molar-refractivity contribution in [3.8, 4) is 10.8 Å². The third-order valence-corrected chi connectivity index (χ3v) is 4.42. The van der Waals surface area contributed by atoms with Crippen LogP contribution < -0.4 is 0 Å². The Morgan fingerprint density at radius 1 is 1.33 bits per heavy atom. The maximum absolute atomic E-state index is 11.9. The Morgan fingerprint density at radius 3 is 2.96 bits per heavy atom. The summed E-state index contributed by atoms with van der Waals surface area (Å²) in [4.78, 5) is 12.8. The van der Waals surface area contributed by atoms with E-state index in [9.17, 15) is 4.79 Å². The number of rotatable bonds is 5. The van der Waals surface area contributed by atoms with E-state index in [-0.39, 0.29) is 5.89 Å². The molecule has 0 saturated carbocycles. The number of hydrogen-bond donors (Lipinski definition) is 0. The number of aromatic nitrogens is 2. The van der Waals surface area contributed by atoms with Crippen molar-refractivity contribution < 1.29 is 13.9 Å². The smallest absolute Gasteiger partial charge is 0.331 e. The minimum Gasteiger partial charge on any atom is -0.449 e. The van der Waals surface area contributed by atoms with E-state index in [4.69, 9.17) is 9.15 Å². The lowest BCUT2D eigenvalue weighted by molar-refractivity contribution is -0.143. The average Bonchev–Trinajstić information content (AvgIpc) is 3.24. The molecule has 0 fully saturated rings. The third-order valence-electron chi connectivity index (χ3n) is 3.07. The predicted octanol–water partition coefficient (Wildman–Crippen LogP) is 4.88. The lowest BCUT2D eigenvalue weighted by Gasteiger charge is -2.06. The molecule has 3 aromatic rings. The van der Waals surface area contributed by atoms with Crippen LogP contribution in [0.25, 0.3) is 16.8 Å². The number of hydrogen-bond acceptors (Lipinski definition) is 6. The lowest BCUT2D eigenvalue weighted by Crippen LogP contribution is -2.06. The van der Waals surface area contributed by atoms with Crippen LogP contribution in [0.5, 0.6) is 0 Å². The highest BCUT2D eigenvalue weighted by Crippen LogP contribution is 2.25. The molecule has 0 aliphatic rings. The molecule has 7 heteroatoms. The van der Waals surface area contributed by atoms with Gasteiger partial charge in [-0.25, -0.2) is 4.79 Å². The van der Waals surface area contributed by atoms with Gasteiger partial charge < -0.3 is 9.15 Å². The number of halogens is 1. The summed E-state index contributed by atoms with van der Waals surface area (Å²) in [6.07, 6.45) is 2.44. The van der Waals surface area contributed by atoms with Crippen molar-refractivity contribution >= 4 is 39.3 Å². The summed E-state index contributed by atoms with van der Waals surface area (Å²) in [7, 11) is 0. The van der Waals surface area contributed by atoms with Gasteiger partial charge in [0.25, 0.3) is 11.8 Å². The molecule has 1 atom stereocenters. The standard InChI is InChI=1S/C17H13BrN2O3S/c1-11(16-19-20-17(23-16)14-6-3-9-24-14)22-15(21)8-7-12-4-2-5-13(18)10-12/h2-11H,1H3/b8-7+/t11-/m0/s1. The summed E-state index contributed by atoms with van der Waals surface area (Å²) in [5.74, 6) is 0.216. The van der Waals surface area contributed by atoms with Gasteiger partial charge >= 0.3 is 5.97 Å². The number of thiophene rings is 1. The van der Waals surface area contributed by atoms with Gasteiger partial charge in [0, 0.05) is 10.5 Å². The number of carbonyl (C=O) groups excluding carboxylic acids is 1. The molecule has 2 heterocycles. The first-order chi connectivity index (χ1) is 11.6. The lowest BCUT2D eigenvalue weighted by atomic mass is 10.2. The van der Waals surface area contributed by atoms with E-state index in [0.29, 0.717) is 5.89 Å². The van der Waals surface area contributed by atoms with E-state index < -0.39 is 12.1 Å². The van der Waals surface area contributed by atoms with E-state index in [1.54, 1.807) is 13.0 Å². The third kappa shape index (κ3) is 4.18. The Labute approximate surface area is 151 Å². The van der Waals surface area contributed by atoms with Gasteiger partial charge in [-0.1, -0.05) is 34.1 Å². The maximum Gasteiger partial charge on any atom is 0.331 e. The van der Waals surface area contributed by atoms with Crippen molar-refractivity contribution in [1.29, 1.82) is 0 Å². The van der Waals surface area contributed by atoms with Crippen LogP contribution in [0, 0.1) is 0 Å². The first kappa shape index (κ1) is 16.6. The molecule has 3 rings (SSSR count). The molecule has 1 aromatic carbocycles. The van der Waals surface area contributed by atoms with Gasteiger partial charge in [-0.05, 0) is 42.1 Å². The fourth-order valence-corrected chi connectivity index (χ4v) is 3.00. The molecule has 2 aromatic heterocycles. The Hall–Kier alpha value is -2.25. The van der Waals surface area contributed by atoms with Crippen molar-refractivity contribution in [3.05, 3.63) is 63.8 Å². The number of carbonyl (C=O) groups is 1. The molecule has 0 bridgehead atoms. The number of nitrogens with zero attached hydrogens (tertiary/aromatic N) is 2. The highest BCUT2D eigenvalue weighted by molar-refractivity contribution is 9.10. The van der Waals surface area contributed by atoms with E-state index in [1.807, 2.05) is 41.8 Å². The number of esters is 1. The second kappa shape index (κ2) is 7.55. The Morgan fingerprint density at radius 2 is 2.21 bits per heavy atom. The van der Waals surface area contributed by atoms with Crippen molar-refractivity contribution in [1.82, 2.24) is 10.2 Å². The van der Waals surface area contributed by atoms with Crippen LogP contribution in [0.1, 0.15) is 24.5 Å². The second-order valence-corrected chi connectivity index (χ2v) is 6.75. The van der Waals surface area contributed by atoms with Gasteiger partial charge in [0.15, 0.2) is 6.10 Å². The molecule has 0 N–H and O–H groups in total. The van der Waals surface area contributed by atoms with Crippen molar-refractivity contribution in [2.75, 3.05) is 0 Å². The van der Waals surface area contributed by atoms with Gasteiger partial charge in [0.05, 0.1) is 4.88 Å². The van der Waals surface area contributed by atoms with Crippen LogP contribution in [-0.2, 0) is 9.53 Å². The molecule has 0 radical (unpaired) electrons. The van der Waals surface area contributed by atoms with Gasteiger partial charge in [-0.15, -0.1) is 21.5 Å². The molecule has 0 amide bonds. The summed E-state index contributed by atoms with van der Waals surface area (Å²) in [6.45, 7) is 1.69. The van der Waals surface area contributed by atoms with E-state index in [0.717, 1.165) is 14.9 Å². The largest absolute Gasteiger partial charge is 0.449 e. The highest BCUT2D eigenvalue weighted by Gasteiger charge is 2.18. The normalized spacial score (nSPS) is 12.4. The van der Waals surface area contributed by atoms with Crippen LogP contribution in [0.3, 0.4) is 0 Å². The quantitative estimate of drug-likeness (QED) is 0.447. The minimum absolute atomic E-state index is 0.266. The Kier molecular flexibility index (Phi) is 5.22. The van der Waals surface area contributed by atoms with Crippen molar-refractivity contribution in [2.24, 2.45) is 0 Å². The second-order valence-electron chi connectivity index (χ2n) is 4.89. The number of benzene rings is 1. The SMILES string of the molecule is C[C@H](OC(=O)/C=C/c1cccc(Br)c1)c1nnc(-c2cccs2)o1. The molecule has 122 valence electrons. The molecule has 0 aliphatic heterocycles. The summed E-state index contributed by atoms with van der Waals surface area (Å²) in [6, 6.07) is 11.4. The van der Waals surface area contributed by atoms with Crippen LogP contribution >= 0.6 is 27.3 Å². The number of ether oxygens (including phenoxy) is 1. The monoisotopic (exact) mass is 404 g/mol. The van der Waals surface area contributed by atoms with Crippen LogP contribution in [0.15, 0.2) is 56.7 Å². The van der Waals surface area contributed by atoms with E-state index in [1.165, 1.54) is 17.4 Å². The van der Waals surface area contributed by atoms with Crippen LogP contribution in [0.2, 0.25) is 0 Å². The first-order valence-electron chi connectivity index (χ1n) is 7.13. The topological polar surface area (TPSA) is 65.2 Å². The zero-order valence-electron chi connectivity index (χ0n) is 12.7.